The lowest BCUT2D eigenvalue weighted by Crippen LogP contribution is -2.18. The van der Waals surface area contributed by atoms with Crippen LogP contribution < -0.4 is 5.43 Å². The SMILES string of the molecule is C/C(=N/NC(=O)c1ccc(Br)o1)c1cccnc1. The summed E-state index contributed by atoms with van der Waals surface area (Å²) in [5, 5.41) is 3.98. The fourth-order valence-electron chi connectivity index (χ4n) is 1.27. The highest BCUT2D eigenvalue weighted by Crippen LogP contribution is 2.13. The van der Waals surface area contributed by atoms with Gasteiger partial charge in [-0.2, -0.15) is 5.10 Å². The van der Waals surface area contributed by atoms with Gasteiger partial charge in [-0.25, -0.2) is 5.43 Å². The van der Waals surface area contributed by atoms with E-state index in [0.717, 1.165) is 5.56 Å². The summed E-state index contributed by atoms with van der Waals surface area (Å²) >= 11 is 3.13. The van der Waals surface area contributed by atoms with Crippen molar-refractivity contribution in [3.05, 3.63) is 52.7 Å². The molecule has 2 heterocycles. The zero-order valence-electron chi connectivity index (χ0n) is 9.55. The van der Waals surface area contributed by atoms with Crippen LogP contribution in [0.3, 0.4) is 0 Å². The molecule has 0 atom stereocenters. The van der Waals surface area contributed by atoms with Crippen LogP contribution in [0.15, 0.2) is 50.8 Å². The van der Waals surface area contributed by atoms with Crippen LogP contribution in [-0.4, -0.2) is 16.6 Å². The summed E-state index contributed by atoms with van der Waals surface area (Å²) in [6.45, 7) is 1.79. The van der Waals surface area contributed by atoms with E-state index >= 15 is 0 Å². The van der Waals surface area contributed by atoms with Crippen LogP contribution in [0, 0.1) is 0 Å². The number of carbonyl (C=O) groups is 1. The van der Waals surface area contributed by atoms with Crippen LogP contribution in [0.4, 0.5) is 0 Å². The zero-order chi connectivity index (χ0) is 13.0. The molecule has 5 nitrogen and oxygen atoms in total. The van der Waals surface area contributed by atoms with Crippen LogP contribution in [-0.2, 0) is 0 Å². The Hall–Kier alpha value is -1.95. The number of hydrogen-bond acceptors (Lipinski definition) is 4. The summed E-state index contributed by atoms with van der Waals surface area (Å²) in [4.78, 5) is 15.6. The maximum Gasteiger partial charge on any atom is 0.307 e. The van der Waals surface area contributed by atoms with Crippen molar-refractivity contribution in [1.29, 1.82) is 0 Å². The number of furan rings is 1. The number of aromatic nitrogens is 1. The van der Waals surface area contributed by atoms with E-state index in [4.69, 9.17) is 4.42 Å². The second-order valence-corrected chi connectivity index (χ2v) is 4.27. The van der Waals surface area contributed by atoms with Crippen LogP contribution >= 0.6 is 15.9 Å². The molecule has 0 aliphatic heterocycles. The molecule has 0 saturated heterocycles. The summed E-state index contributed by atoms with van der Waals surface area (Å²) < 4.78 is 5.61. The molecule has 18 heavy (non-hydrogen) atoms. The molecule has 0 radical (unpaired) electrons. The monoisotopic (exact) mass is 307 g/mol. The number of amides is 1. The molecule has 6 heteroatoms. The van der Waals surface area contributed by atoms with E-state index < -0.39 is 5.91 Å². The smallest absolute Gasteiger partial charge is 0.307 e. The van der Waals surface area contributed by atoms with Crippen molar-refractivity contribution in [2.75, 3.05) is 0 Å². The van der Waals surface area contributed by atoms with Crippen molar-refractivity contribution in [2.24, 2.45) is 5.10 Å². The lowest BCUT2D eigenvalue weighted by Gasteiger charge is -2.00. The van der Waals surface area contributed by atoms with Gasteiger partial charge in [0.25, 0.3) is 0 Å². The molecule has 0 saturated carbocycles. The molecule has 0 aromatic carbocycles. The summed E-state index contributed by atoms with van der Waals surface area (Å²) in [6, 6.07) is 6.88. The van der Waals surface area contributed by atoms with Gasteiger partial charge in [-0.3, -0.25) is 9.78 Å². The first-order chi connectivity index (χ1) is 8.66. The predicted molar refractivity (Wildman–Crippen MR) is 70.3 cm³/mol. The Morgan fingerprint density at radius 2 is 2.28 bits per heavy atom. The number of nitrogens with zero attached hydrogens (tertiary/aromatic N) is 2. The van der Waals surface area contributed by atoms with Crippen molar-refractivity contribution >= 4 is 27.5 Å². The molecule has 0 fully saturated rings. The maximum atomic E-state index is 11.6. The van der Waals surface area contributed by atoms with Crippen LogP contribution in [0.2, 0.25) is 0 Å². The fourth-order valence-corrected chi connectivity index (χ4v) is 1.57. The van der Waals surface area contributed by atoms with Gasteiger partial charge < -0.3 is 4.42 Å². The summed E-state index contributed by atoms with van der Waals surface area (Å²) in [7, 11) is 0. The third-order valence-corrected chi connectivity index (χ3v) is 2.63. The number of hydrogen-bond donors (Lipinski definition) is 1. The Morgan fingerprint density at radius 3 is 2.89 bits per heavy atom. The molecule has 1 N–H and O–H groups in total. The molecule has 1 amide bonds. The van der Waals surface area contributed by atoms with E-state index in [2.05, 4.69) is 31.4 Å². The summed E-state index contributed by atoms with van der Waals surface area (Å²) in [6.07, 6.45) is 3.35. The third kappa shape index (κ3) is 3.04. The molecule has 0 unspecified atom stereocenters. The molecule has 0 spiro atoms. The summed E-state index contributed by atoms with van der Waals surface area (Å²) in [5.74, 6) is -0.200. The Balaban J connectivity index is 2.05. The first-order valence-corrected chi connectivity index (χ1v) is 5.96. The van der Waals surface area contributed by atoms with Gasteiger partial charge in [-0.1, -0.05) is 6.07 Å². The normalized spacial score (nSPS) is 11.3. The van der Waals surface area contributed by atoms with Gasteiger partial charge in [-0.05, 0) is 41.1 Å². The Labute approximate surface area is 112 Å². The molecule has 2 aromatic rings. The van der Waals surface area contributed by atoms with E-state index in [1.54, 1.807) is 37.5 Å². The molecular formula is C12H10BrN3O2. The minimum absolute atomic E-state index is 0.199. The molecule has 2 aromatic heterocycles. The van der Waals surface area contributed by atoms with Crippen molar-refractivity contribution in [3.63, 3.8) is 0 Å². The van der Waals surface area contributed by atoms with Crippen LogP contribution in [0.25, 0.3) is 0 Å². The predicted octanol–water partition coefficient (Wildman–Crippen LogP) is 2.59. The number of hydrazone groups is 1. The third-order valence-electron chi connectivity index (χ3n) is 2.20. The van der Waals surface area contributed by atoms with Gasteiger partial charge in [0.05, 0.1) is 5.71 Å². The first kappa shape index (κ1) is 12.5. The van der Waals surface area contributed by atoms with Gasteiger partial charge in [0.15, 0.2) is 10.4 Å². The highest BCUT2D eigenvalue weighted by Gasteiger charge is 2.09. The van der Waals surface area contributed by atoms with E-state index in [-0.39, 0.29) is 5.76 Å². The van der Waals surface area contributed by atoms with Crippen LogP contribution in [0.5, 0.6) is 0 Å². The number of rotatable bonds is 3. The Morgan fingerprint density at radius 1 is 1.44 bits per heavy atom. The van der Waals surface area contributed by atoms with Gasteiger partial charge in [0.2, 0.25) is 0 Å². The number of nitrogens with one attached hydrogen (secondary N) is 1. The molecule has 0 bridgehead atoms. The minimum atomic E-state index is -0.399. The maximum absolute atomic E-state index is 11.6. The van der Waals surface area contributed by atoms with E-state index in [9.17, 15) is 4.79 Å². The molecule has 2 rings (SSSR count). The van der Waals surface area contributed by atoms with Gasteiger partial charge in [-0.15, -0.1) is 0 Å². The van der Waals surface area contributed by atoms with Crippen molar-refractivity contribution in [2.45, 2.75) is 6.92 Å². The highest BCUT2D eigenvalue weighted by atomic mass is 79.9. The van der Waals surface area contributed by atoms with E-state index in [1.807, 2.05) is 6.07 Å². The van der Waals surface area contributed by atoms with Crippen LogP contribution in [0.1, 0.15) is 23.0 Å². The second kappa shape index (κ2) is 5.59. The number of halogens is 1. The second-order valence-electron chi connectivity index (χ2n) is 3.48. The molecule has 0 aliphatic carbocycles. The number of carbonyl (C=O) groups excluding carboxylic acids is 1. The lowest BCUT2D eigenvalue weighted by atomic mass is 10.2. The standard InChI is InChI=1S/C12H10BrN3O2/c1-8(9-3-2-6-14-7-9)15-16-12(17)10-4-5-11(13)18-10/h2-7H,1H3,(H,16,17)/b15-8-. The quantitative estimate of drug-likeness (QED) is 0.700. The van der Waals surface area contributed by atoms with E-state index in [1.165, 1.54) is 0 Å². The Bertz CT molecular complexity index is 578. The highest BCUT2D eigenvalue weighted by molar-refractivity contribution is 9.10. The zero-order valence-corrected chi connectivity index (χ0v) is 11.1. The lowest BCUT2D eigenvalue weighted by molar-refractivity contribution is 0.0926. The topological polar surface area (TPSA) is 67.5 Å². The average molecular weight is 308 g/mol. The van der Waals surface area contributed by atoms with Gasteiger partial charge in [0.1, 0.15) is 0 Å². The largest absolute Gasteiger partial charge is 0.444 e. The average Bonchev–Trinajstić information content (AvgIpc) is 2.83. The molecular weight excluding hydrogens is 298 g/mol. The van der Waals surface area contributed by atoms with Crippen molar-refractivity contribution in [3.8, 4) is 0 Å². The van der Waals surface area contributed by atoms with E-state index in [0.29, 0.717) is 10.4 Å². The summed E-state index contributed by atoms with van der Waals surface area (Å²) in [5.41, 5.74) is 3.93. The molecule has 92 valence electrons. The van der Waals surface area contributed by atoms with Gasteiger partial charge in [0, 0.05) is 18.0 Å². The van der Waals surface area contributed by atoms with Crippen molar-refractivity contribution in [1.82, 2.24) is 10.4 Å². The Kier molecular flexibility index (Phi) is 3.88. The first-order valence-electron chi connectivity index (χ1n) is 5.17. The fraction of sp³-hybridized carbons (Fsp3) is 0.0833. The number of pyridine rings is 1. The van der Waals surface area contributed by atoms with Crippen molar-refractivity contribution < 1.29 is 9.21 Å². The molecule has 0 aliphatic rings. The van der Waals surface area contributed by atoms with Gasteiger partial charge >= 0.3 is 5.91 Å². The minimum Gasteiger partial charge on any atom is -0.444 e.